The molecular formula is C19H31FIN3O2. The third kappa shape index (κ3) is 6.35. The number of rotatable bonds is 6. The van der Waals surface area contributed by atoms with Gasteiger partial charge in [0, 0.05) is 39.7 Å². The van der Waals surface area contributed by atoms with Crippen molar-refractivity contribution >= 4 is 29.9 Å². The molecule has 5 nitrogen and oxygen atoms in total. The predicted octanol–water partition coefficient (Wildman–Crippen LogP) is 3.56. The summed E-state index contributed by atoms with van der Waals surface area (Å²) in [5, 5.41) is 6.60. The maximum absolute atomic E-state index is 13.8. The number of ether oxygens (including phenoxy) is 2. The van der Waals surface area contributed by atoms with Crippen LogP contribution in [0, 0.1) is 12.7 Å². The summed E-state index contributed by atoms with van der Waals surface area (Å²) in [6.07, 6.45) is 1.68. The molecule has 1 heterocycles. The lowest BCUT2D eigenvalue weighted by molar-refractivity contribution is -0.0828. The van der Waals surface area contributed by atoms with E-state index in [1.54, 1.807) is 26.2 Å². The number of nitrogens with zero attached hydrogens (tertiary/aromatic N) is 1. The van der Waals surface area contributed by atoms with Crippen LogP contribution in [0.1, 0.15) is 43.9 Å². The van der Waals surface area contributed by atoms with Crippen LogP contribution in [0.3, 0.4) is 0 Å². The van der Waals surface area contributed by atoms with Gasteiger partial charge >= 0.3 is 0 Å². The Morgan fingerprint density at radius 1 is 1.38 bits per heavy atom. The van der Waals surface area contributed by atoms with Crippen molar-refractivity contribution in [1.29, 1.82) is 0 Å². The molecule has 0 saturated carbocycles. The van der Waals surface area contributed by atoms with Crippen molar-refractivity contribution in [2.24, 2.45) is 4.99 Å². The molecule has 1 unspecified atom stereocenters. The molecule has 1 fully saturated rings. The molecule has 0 spiro atoms. The van der Waals surface area contributed by atoms with E-state index in [4.69, 9.17) is 14.5 Å². The minimum atomic E-state index is -0.264. The Kier molecular flexibility index (Phi) is 9.81. The minimum Gasteiger partial charge on any atom is -0.381 e. The molecular weight excluding hydrogens is 448 g/mol. The van der Waals surface area contributed by atoms with E-state index in [-0.39, 0.29) is 41.4 Å². The van der Waals surface area contributed by atoms with Crippen molar-refractivity contribution in [3.05, 3.63) is 35.1 Å². The van der Waals surface area contributed by atoms with Crippen LogP contribution in [-0.4, -0.2) is 45.0 Å². The molecule has 1 atom stereocenters. The van der Waals surface area contributed by atoms with Crippen LogP contribution < -0.4 is 10.6 Å². The molecule has 1 aromatic carbocycles. The van der Waals surface area contributed by atoms with E-state index in [0.717, 1.165) is 24.9 Å². The quantitative estimate of drug-likeness (QED) is 0.372. The maximum Gasteiger partial charge on any atom is 0.191 e. The first kappa shape index (κ1) is 23.1. The van der Waals surface area contributed by atoms with Crippen LogP contribution in [0.2, 0.25) is 0 Å². The van der Waals surface area contributed by atoms with Crippen LogP contribution in [-0.2, 0) is 9.47 Å². The first-order valence-corrected chi connectivity index (χ1v) is 8.93. The van der Waals surface area contributed by atoms with Crippen LogP contribution >= 0.6 is 24.0 Å². The van der Waals surface area contributed by atoms with Gasteiger partial charge < -0.3 is 20.1 Å². The topological polar surface area (TPSA) is 54.9 Å². The van der Waals surface area contributed by atoms with E-state index < -0.39 is 0 Å². The SMILES string of the molecule is CCNC(=NCC1(OC)CCOCC1)NC(C)c1ccc(C)c(F)c1.I. The number of methoxy groups -OCH3 is 1. The Morgan fingerprint density at radius 2 is 2.08 bits per heavy atom. The Labute approximate surface area is 173 Å². The molecule has 1 aliphatic heterocycles. The summed E-state index contributed by atoms with van der Waals surface area (Å²) < 4.78 is 25.0. The molecule has 1 aromatic rings. The van der Waals surface area contributed by atoms with Crippen LogP contribution in [0.4, 0.5) is 4.39 Å². The number of halogens is 2. The standard InChI is InChI=1S/C19H30FN3O2.HI/c1-5-21-18(22-13-19(24-4)8-10-25-11-9-19)23-15(3)16-7-6-14(2)17(20)12-16;/h6-7,12,15H,5,8-11,13H2,1-4H3,(H2,21,22,23);1H. The summed E-state index contributed by atoms with van der Waals surface area (Å²) >= 11 is 0. The number of hydrogen-bond acceptors (Lipinski definition) is 3. The summed E-state index contributed by atoms with van der Waals surface area (Å²) in [5.41, 5.74) is 1.28. The van der Waals surface area contributed by atoms with Crippen molar-refractivity contribution in [2.75, 3.05) is 33.4 Å². The van der Waals surface area contributed by atoms with Gasteiger partial charge in [-0.1, -0.05) is 12.1 Å². The molecule has 2 rings (SSSR count). The molecule has 0 bridgehead atoms. The second-order valence-electron chi connectivity index (χ2n) is 6.57. The van der Waals surface area contributed by atoms with Gasteiger partial charge in [-0.05, 0) is 38.0 Å². The van der Waals surface area contributed by atoms with Gasteiger partial charge in [0.1, 0.15) is 5.82 Å². The van der Waals surface area contributed by atoms with E-state index in [9.17, 15) is 4.39 Å². The van der Waals surface area contributed by atoms with E-state index in [1.165, 1.54) is 0 Å². The summed E-state index contributed by atoms with van der Waals surface area (Å²) in [6.45, 7) is 8.51. The second-order valence-corrected chi connectivity index (χ2v) is 6.57. The average molecular weight is 479 g/mol. The fourth-order valence-electron chi connectivity index (χ4n) is 2.88. The molecule has 26 heavy (non-hydrogen) atoms. The maximum atomic E-state index is 13.8. The predicted molar refractivity (Wildman–Crippen MR) is 114 cm³/mol. The lowest BCUT2D eigenvalue weighted by Gasteiger charge is -2.34. The zero-order chi connectivity index (χ0) is 18.3. The molecule has 7 heteroatoms. The third-order valence-electron chi connectivity index (χ3n) is 4.76. The molecule has 0 radical (unpaired) electrons. The van der Waals surface area contributed by atoms with Gasteiger partial charge in [-0.3, -0.25) is 4.99 Å². The number of aliphatic imine (C=N–C) groups is 1. The largest absolute Gasteiger partial charge is 0.381 e. The highest BCUT2D eigenvalue weighted by Gasteiger charge is 2.32. The van der Waals surface area contributed by atoms with Gasteiger partial charge in [-0.2, -0.15) is 0 Å². The Hall–Kier alpha value is -0.930. The molecule has 148 valence electrons. The number of nitrogens with one attached hydrogen (secondary N) is 2. The Morgan fingerprint density at radius 3 is 2.65 bits per heavy atom. The van der Waals surface area contributed by atoms with E-state index in [2.05, 4.69) is 10.6 Å². The van der Waals surface area contributed by atoms with E-state index in [0.29, 0.717) is 31.3 Å². The smallest absolute Gasteiger partial charge is 0.191 e. The summed E-state index contributed by atoms with van der Waals surface area (Å²) in [5.74, 6) is 0.521. The molecule has 1 aliphatic rings. The first-order chi connectivity index (χ1) is 12.0. The number of hydrogen-bond donors (Lipinski definition) is 2. The summed E-state index contributed by atoms with van der Waals surface area (Å²) in [7, 11) is 1.74. The third-order valence-corrected chi connectivity index (χ3v) is 4.76. The van der Waals surface area contributed by atoms with Crippen molar-refractivity contribution in [3.8, 4) is 0 Å². The van der Waals surface area contributed by atoms with Crippen molar-refractivity contribution in [3.63, 3.8) is 0 Å². The lowest BCUT2D eigenvalue weighted by Crippen LogP contribution is -2.44. The number of guanidine groups is 1. The van der Waals surface area contributed by atoms with E-state index >= 15 is 0 Å². The van der Waals surface area contributed by atoms with Crippen LogP contribution in [0.5, 0.6) is 0 Å². The molecule has 0 aromatic heterocycles. The Balaban J connectivity index is 0.00000338. The number of aryl methyl sites for hydroxylation is 1. The van der Waals surface area contributed by atoms with Gasteiger partial charge in [0.25, 0.3) is 0 Å². The van der Waals surface area contributed by atoms with Crippen molar-refractivity contribution in [2.45, 2.75) is 45.3 Å². The zero-order valence-corrected chi connectivity index (χ0v) is 18.4. The van der Waals surface area contributed by atoms with Crippen molar-refractivity contribution in [1.82, 2.24) is 10.6 Å². The average Bonchev–Trinajstić information content (AvgIpc) is 2.63. The highest BCUT2D eigenvalue weighted by Crippen LogP contribution is 2.24. The van der Waals surface area contributed by atoms with Gasteiger partial charge in [0.05, 0.1) is 18.2 Å². The first-order valence-electron chi connectivity index (χ1n) is 8.93. The van der Waals surface area contributed by atoms with Gasteiger partial charge in [0.2, 0.25) is 0 Å². The summed E-state index contributed by atoms with van der Waals surface area (Å²) in [4.78, 5) is 4.71. The van der Waals surface area contributed by atoms with Crippen LogP contribution in [0.15, 0.2) is 23.2 Å². The second kappa shape index (κ2) is 11.0. The molecule has 1 saturated heterocycles. The number of benzene rings is 1. The molecule has 2 N–H and O–H groups in total. The van der Waals surface area contributed by atoms with Crippen molar-refractivity contribution < 1.29 is 13.9 Å². The lowest BCUT2D eigenvalue weighted by atomic mass is 9.94. The van der Waals surface area contributed by atoms with Gasteiger partial charge in [0.15, 0.2) is 5.96 Å². The Bertz CT molecular complexity index is 592. The fraction of sp³-hybridized carbons (Fsp3) is 0.632. The zero-order valence-electron chi connectivity index (χ0n) is 16.1. The fourth-order valence-corrected chi connectivity index (χ4v) is 2.88. The molecule has 0 aliphatic carbocycles. The summed E-state index contributed by atoms with van der Waals surface area (Å²) in [6, 6.07) is 5.26. The van der Waals surface area contributed by atoms with E-state index in [1.807, 2.05) is 19.9 Å². The minimum absolute atomic E-state index is 0. The van der Waals surface area contributed by atoms with Gasteiger partial charge in [-0.15, -0.1) is 24.0 Å². The van der Waals surface area contributed by atoms with Gasteiger partial charge in [-0.25, -0.2) is 4.39 Å². The van der Waals surface area contributed by atoms with Crippen LogP contribution in [0.25, 0.3) is 0 Å². The molecule has 0 amide bonds. The highest BCUT2D eigenvalue weighted by atomic mass is 127. The monoisotopic (exact) mass is 479 g/mol. The highest BCUT2D eigenvalue weighted by molar-refractivity contribution is 14.0. The normalized spacial score (nSPS) is 18.0.